The fourth-order valence-corrected chi connectivity index (χ4v) is 0.691. The van der Waals surface area contributed by atoms with Crippen LogP contribution < -0.4 is 0 Å². The molecule has 1 aromatic rings. The Morgan fingerprint density at radius 2 is 1.69 bits per heavy atom. The van der Waals surface area contributed by atoms with Crippen LogP contribution in [0.4, 0.5) is 13.2 Å². The van der Waals surface area contributed by atoms with E-state index < -0.39 is 29.0 Å². The van der Waals surface area contributed by atoms with E-state index in [0.29, 0.717) is 12.1 Å². The second-order valence-corrected chi connectivity index (χ2v) is 2.03. The van der Waals surface area contributed by atoms with E-state index >= 15 is 0 Å². The summed E-state index contributed by atoms with van der Waals surface area (Å²) in [5.41, 5.74) is -0.881. The maximum atomic E-state index is 12.5. The summed E-state index contributed by atoms with van der Waals surface area (Å²) in [6.45, 7) is 0. The summed E-state index contributed by atoms with van der Waals surface area (Å²) >= 11 is 0. The average Bonchev–Trinajstić information content (AvgIpc) is 2.00. The molecule has 0 aliphatic heterocycles. The van der Waals surface area contributed by atoms with E-state index in [9.17, 15) is 18.0 Å². The van der Waals surface area contributed by atoms with Crippen LogP contribution in [0.1, 0.15) is 10.4 Å². The third-order valence-electron chi connectivity index (χ3n) is 1.27. The summed E-state index contributed by atoms with van der Waals surface area (Å²) in [4.78, 5) is 10.2. The van der Waals surface area contributed by atoms with Crippen molar-refractivity contribution in [2.24, 2.45) is 0 Å². The molecule has 0 aliphatic rings. The Kier molecular flexibility index (Phi) is 4.46. The minimum atomic E-state index is -1.77. The van der Waals surface area contributed by atoms with Gasteiger partial charge in [0.1, 0.15) is 0 Å². The van der Waals surface area contributed by atoms with Crippen LogP contribution in [0.5, 0.6) is 0 Å². The van der Waals surface area contributed by atoms with Gasteiger partial charge in [-0.15, -0.1) is 0 Å². The molecule has 6 heteroatoms. The standard InChI is InChI=1S/C7H3F3O2.Na/c8-4-2-1-3(7(11)12)5(9)6(4)10;/h1-2H,(H,11,12);. The van der Waals surface area contributed by atoms with Crippen LogP contribution in [0, 0.1) is 17.5 Å². The zero-order chi connectivity index (χ0) is 9.30. The minimum absolute atomic E-state index is 0. The molecule has 1 aromatic carbocycles. The molecule has 0 aromatic heterocycles. The van der Waals surface area contributed by atoms with Gasteiger partial charge in [0.05, 0.1) is 5.56 Å². The van der Waals surface area contributed by atoms with Crippen molar-refractivity contribution in [2.45, 2.75) is 0 Å². The Bertz CT molecular complexity index is 341. The summed E-state index contributed by atoms with van der Waals surface area (Å²) in [6, 6.07) is 1.22. The van der Waals surface area contributed by atoms with Crippen molar-refractivity contribution >= 4 is 35.5 Å². The van der Waals surface area contributed by atoms with Crippen molar-refractivity contribution in [3.8, 4) is 0 Å². The Labute approximate surface area is 93.7 Å². The van der Waals surface area contributed by atoms with Gasteiger partial charge in [0, 0.05) is 29.6 Å². The van der Waals surface area contributed by atoms with Gasteiger partial charge < -0.3 is 5.11 Å². The molecule has 0 saturated carbocycles. The number of rotatable bonds is 1. The van der Waals surface area contributed by atoms with Crippen molar-refractivity contribution in [3.05, 3.63) is 35.1 Å². The van der Waals surface area contributed by atoms with Crippen LogP contribution in [0.3, 0.4) is 0 Å². The van der Waals surface area contributed by atoms with E-state index in [0.717, 1.165) is 0 Å². The molecule has 0 fully saturated rings. The topological polar surface area (TPSA) is 37.3 Å². The van der Waals surface area contributed by atoms with E-state index in [1.165, 1.54) is 0 Å². The molecule has 1 rings (SSSR count). The van der Waals surface area contributed by atoms with Gasteiger partial charge in [0.25, 0.3) is 0 Å². The first-order chi connectivity index (χ1) is 5.54. The molecule has 65 valence electrons. The first kappa shape index (κ1) is 12.5. The normalized spacial score (nSPS) is 9.15. The van der Waals surface area contributed by atoms with Gasteiger partial charge in [-0.3, -0.25) is 0 Å². The largest absolute Gasteiger partial charge is 0.478 e. The fourth-order valence-electron chi connectivity index (χ4n) is 0.691. The van der Waals surface area contributed by atoms with Gasteiger partial charge in [0.2, 0.25) is 0 Å². The Balaban J connectivity index is 0.00000144. The zero-order valence-corrected chi connectivity index (χ0v) is 8.64. The second kappa shape index (κ2) is 4.64. The molecule has 1 N–H and O–H groups in total. The van der Waals surface area contributed by atoms with Crippen LogP contribution in [-0.4, -0.2) is 40.6 Å². The predicted molar refractivity (Wildman–Crippen MR) is 39.0 cm³/mol. The Morgan fingerprint density at radius 3 is 2.15 bits per heavy atom. The summed E-state index contributed by atoms with van der Waals surface area (Å²) in [5, 5.41) is 8.25. The first-order valence-corrected chi connectivity index (χ1v) is 2.91. The van der Waals surface area contributed by atoms with Crippen molar-refractivity contribution in [1.82, 2.24) is 0 Å². The minimum Gasteiger partial charge on any atom is -0.478 e. The summed E-state index contributed by atoms with van der Waals surface area (Å²) in [6.07, 6.45) is 0. The van der Waals surface area contributed by atoms with Crippen molar-refractivity contribution in [1.29, 1.82) is 0 Å². The summed E-state index contributed by atoms with van der Waals surface area (Å²) < 4.78 is 37.1. The Morgan fingerprint density at radius 1 is 1.15 bits per heavy atom. The molecule has 0 heterocycles. The molecule has 0 spiro atoms. The van der Waals surface area contributed by atoms with E-state index in [1.54, 1.807) is 0 Å². The van der Waals surface area contributed by atoms with Gasteiger partial charge in [-0.05, 0) is 12.1 Å². The van der Waals surface area contributed by atoms with E-state index in [4.69, 9.17) is 5.11 Å². The third-order valence-corrected chi connectivity index (χ3v) is 1.27. The number of hydrogen-bond donors (Lipinski definition) is 1. The number of benzene rings is 1. The molecule has 0 amide bonds. The van der Waals surface area contributed by atoms with Gasteiger partial charge in [-0.25, -0.2) is 18.0 Å². The molecule has 0 saturated heterocycles. The third kappa shape index (κ3) is 2.46. The number of carbonyl (C=O) groups is 1. The maximum Gasteiger partial charge on any atom is 0.338 e. The molecule has 0 aliphatic carbocycles. The van der Waals surface area contributed by atoms with Crippen molar-refractivity contribution in [3.63, 3.8) is 0 Å². The van der Waals surface area contributed by atoms with Crippen LogP contribution in [0.25, 0.3) is 0 Å². The number of aromatic carboxylic acids is 1. The quantitative estimate of drug-likeness (QED) is 0.548. The molecule has 13 heavy (non-hydrogen) atoms. The number of hydrogen-bond acceptors (Lipinski definition) is 1. The van der Waals surface area contributed by atoms with Gasteiger partial charge in [-0.2, -0.15) is 0 Å². The molecule has 1 radical (unpaired) electrons. The van der Waals surface area contributed by atoms with E-state index in [-0.39, 0.29) is 29.6 Å². The zero-order valence-electron chi connectivity index (χ0n) is 6.64. The smallest absolute Gasteiger partial charge is 0.338 e. The van der Waals surface area contributed by atoms with Crippen molar-refractivity contribution < 1.29 is 23.1 Å². The Hall–Kier alpha value is -0.520. The summed E-state index contributed by atoms with van der Waals surface area (Å²) in [7, 11) is 0. The SMILES string of the molecule is O=C(O)c1ccc(F)c(F)c1F.[Na]. The van der Waals surface area contributed by atoms with Crippen LogP contribution in [0.15, 0.2) is 12.1 Å². The second-order valence-electron chi connectivity index (χ2n) is 2.03. The fraction of sp³-hybridized carbons (Fsp3) is 0. The monoisotopic (exact) mass is 199 g/mol. The van der Waals surface area contributed by atoms with Crippen LogP contribution in [-0.2, 0) is 0 Å². The molecular formula is C7H3F3NaO2. The molecular weight excluding hydrogens is 196 g/mol. The maximum absolute atomic E-state index is 12.5. The number of halogens is 3. The van der Waals surface area contributed by atoms with Crippen LogP contribution >= 0.6 is 0 Å². The summed E-state index contributed by atoms with van der Waals surface area (Å²) in [5.74, 6) is -6.48. The first-order valence-electron chi connectivity index (χ1n) is 2.91. The van der Waals surface area contributed by atoms with Gasteiger partial charge in [-0.1, -0.05) is 0 Å². The molecule has 0 unspecified atom stereocenters. The van der Waals surface area contributed by atoms with Crippen LogP contribution in [0.2, 0.25) is 0 Å². The van der Waals surface area contributed by atoms with Gasteiger partial charge in [0.15, 0.2) is 17.5 Å². The van der Waals surface area contributed by atoms with E-state index in [2.05, 4.69) is 0 Å². The van der Waals surface area contributed by atoms with Crippen molar-refractivity contribution in [2.75, 3.05) is 0 Å². The number of carboxylic acid groups (broad SMARTS) is 1. The molecule has 0 atom stereocenters. The average molecular weight is 199 g/mol. The predicted octanol–water partition coefficient (Wildman–Crippen LogP) is 1.42. The van der Waals surface area contributed by atoms with E-state index in [1.807, 2.05) is 0 Å². The molecule has 2 nitrogen and oxygen atoms in total. The number of carboxylic acids is 1. The van der Waals surface area contributed by atoms with Gasteiger partial charge >= 0.3 is 5.97 Å². The molecule has 0 bridgehead atoms.